The number of hydrogen-bond acceptors (Lipinski definition) is 1. The Bertz CT molecular complexity index is 757. The van der Waals surface area contributed by atoms with Gasteiger partial charge >= 0.3 is 0 Å². The van der Waals surface area contributed by atoms with Crippen molar-refractivity contribution in [3.8, 4) is 17.2 Å². The van der Waals surface area contributed by atoms with Gasteiger partial charge in [0.25, 0.3) is 0 Å². The predicted molar refractivity (Wildman–Crippen MR) is 124 cm³/mol. The first-order valence-corrected chi connectivity index (χ1v) is 11.8. The summed E-state index contributed by atoms with van der Waals surface area (Å²) in [6, 6.07) is 19.9. The van der Waals surface area contributed by atoms with Crippen molar-refractivity contribution in [3.63, 3.8) is 0 Å². The highest BCUT2D eigenvalue weighted by Crippen LogP contribution is 2.40. The first kappa shape index (κ1) is 21.6. The van der Waals surface area contributed by atoms with Crippen molar-refractivity contribution in [1.29, 1.82) is 5.26 Å². The summed E-state index contributed by atoms with van der Waals surface area (Å²) in [7, 11) is 0. The van der Waals surface area contributed by atoms with Gasteiger partial charge in [0.05, 0.1) is 12.5 Å². The summed E-state index contributed by atoms with van der Waals surface area (Å²) in [5.74, 6) is 2.59. The molecule has 0 radical (unpaired) electrons. The summed E-state index contributed by atoms with van der Waals surface area (Å²) in [5, 5.41) is 8.81. The Balaban J connectivity index is 1.50. The second-order valence-electron chi connectivity index (χ2n) is 9.09. The van der Waals surface area contributed by atoms with E-state index < -0.39 is 0 Å². The maximum Gasteiger partial charge on any atom is 0.0669 e. The Kier molecular flexibility index (Phi) is 8.36. The zero-order chi connectivity index (χ0) is 20.5. The molecule has 0 heterocycles. The second kappa shape index (κ2) is 11.2. The van der Waals surface area contributed by atoms with Crippen molar-refractivity contribution in [1.82, 2.24) is 0 Å². The number of rotatable bonds is 9. The van der Waals surface area contributed by atoms with Crippen LogP contribution in [0.2, 0.25) is 0 Å². The van der Waals surface area contributed by atoms with E-state index in [1.54, 1.807) is 0 Å². The first-order chi connectivity index (χ1) is 14.2. The molecule has 3 rings (SSSR count). The van der Waals surface area contributed by atoms with Gasteiger partial charge in [0.15, 0.2) is 0 Å². The van der Waals surface area contributed by atoms with Gasteiger partial charge in [0.1, 0.15) is 0 Å². The van der Waals surface area contributed by atoms with Crippen LogP contribution in [-0.4, -0.2) is 0 Å². The molecule has 1 heteroatoms. The van der Waals surface area contributed by atoms with Crippen molar-refractivity contribution in [2.24, 2.45) is 11.8 Å². The fourth-order valence-electron chi connectivity index (χ4n) is 5.00. The molecule has 0 spiro atoms. The molecule has 1 aliphatic rings. The van der Waals surface area contributed by atoms with Crippen molar-refractivity contribution in [2.75, 3.05) is 0 Å². The molecule has 1 nitrogen and oxygen atoms in total. The Morgan fingerprint density at radius 3 is 2.07 bits per heavy atom. The molecule has 1 saturated carbocycles. The van der Waals surface area contributed by atoms with E-state index >= 15 is 0 Å². The van der Waals surface area contributed by atoms with Gasteiger partial charge in [-0.2, -0.15) is 5.26 Å². The summed E-state index contributed by atoms with van der Waals surface area (Å²) in [6.45, 7) is 4.79. The summed E-state index contributed by atoms with van der Waals surface area (Å²) in [4.78, 5) is 0. The quantitative estimate of drug-likeness (QED) is 0.397. The van der Waals surface area contributed by atoms with E-state index in [4.69, 9.17) is 5.26 Å². The minimum Gasteiger partial charge on any atom is -0.198 e. The number of unbranched alkanes of at least 4 members (excludes halogenated alkanes) is 3. The van der Waals surface area contributed by atoms with Crippen LogP contribution in [0.3, 0.4) is 0 Å². The SMILES string of the molecule is CCCCCCC(C)C1CCC(c2ccc(-c3ccc(CC#N)cc3)cc2)CC1. The van der Waals surface area contributed by atoms with Crippen LogP contribution < -0.4 is 0 Å². The van der Waals surface area contributed by atoms with Gasteiger partial charge in [-0.15, -0.1) is 0 Å². The zero-order valence-electron chi connectivity index (χ0n) is 18.4. The Labute approximate surface area is 178 Å². The zero-order valence-corrected chi connectivity index (χ0v) is 18.4. The van der Waals surface area contributed by atoms with Crippen molar-refractivity contribution < 1.29 is 0 Å². The Morgan fingerprint density at radius 1 is 0.862 bits per heavy atom. The van der Waals surface area contributed by atoms with Crippen LogP contribution in [0.5, 0.6) is 0 Å². The van der Waals surface area contributed by atoms with E-state index in [0.29, 0.717) is 6.42 Å². The molecule has 2 aromatic rings. The molecule has 1 unspecified atom stereocenters. The lowest BCUT2D eigenvalue weighted by molar-refractivity contribution is 0.231. The highest BCUT2D eigenvalue weighted by Gasteiger charge is 2.25. The van der Waals surface area contributed by atoms with E-state index in [9.17, 15) is 0 Å². The molecule has 0 aliphatic heterocycles. The Hall–Kier alpha value is -2.07. The number of hydrogen-bond donors (Lipinski definition) is 0. The molecule has 0 bridgehead atoms. The molecule has 2 aromatic carbocycles. The largest absolute Gasteiger partial charge is 0.198 e. The lowest BCUT2D eigenvalue weighted by atomic mass is 9.73. The van der Waals surface area contributed by atoms with Crippen LogP contribution in [0.15, 0.2) is 48.5 Å². The number of nitrogens with zero attached hydrogens (tertiary/aromatic N) is 1. The molecule has 0 saturated heterocycles. The number of nitriles is 1. The average Bonchev–Trinajstić information content (AvgIpc) is 2.78. The van der Waals surface area contributed by atoms with Crippen molar-refractivity contribution >= 4 is 0 Å². The van der Waals surface area contributed by atoms with Crippen molar-refractivity contribution in [3.05, 3.63) is 59.7 Å². The predicted octanol–water partition coefficient (Wildman–Crippen LogP) is 8.30. The van der Waals surface area contributed by atoms with E-state index in [1.165, 1.54) is 74.5 Å². The maximum atomic E-state index is 8.81. The molecule has 0 N–H and O–H groups in total. The smallest absolute Gasteiger partial charge is 0.0669 e. The van der Waals surface area contributed by atoms with E-state index in [-0.39, 0.29) is 0 Å². The summed E-state index contributed by atoms with van der Waals surface area (Å²) in [6.07, 6.45) is 13.0. The van der Waals surface area contributed by atoms with Crippen molar-refractivity contribution in [2.45, 2.75) is 84.0 Å². The van der Waals surface area contributed by atoms with Crippen LogP contribution in [0, 0.1) is 23.2 Å². The van der Waals surface area contributed by atoms with Gasteiger partial charge < -0.3 is 0 Å². The second-order valence-corrected chi connectivity index (χ2v) is 9.09. The molecule has 29 heavy (non-hydrogen) atoms. The van der Waals surface area contributed by atoms with E-state index in [2.05, 4.69) is 68.4 Å². The molecule has 154 valence electrons. The third-order valence-electron chi connectivity index (χ3n) is 7.04. The van der Waals surface area contributed by atoms with Crippen LogP contribution in [0.1, 0.15) is 88.7 Å². The lowest BCUT2D eigenvalue weighted by Gasteiger charge is -2.32. The van der Waals surface area contributed by atoms with Gasteiger partial charge in [-0.05, 0) is 65.7 Å². The molecule has 1 fully saturated rings. The maximum absolute atomic E-state index is 8.81. The molecular formula is C28H37N. The summed E-state index contributed by atoms with van der Waals surface area (Å²) < 4.78 is 0. The molecule has 1 atom stereocenters. The van der Waals surface area contributed by atoms with Gasteiger partial charge in [0, 0.05) is 0 Å². The Morgan fingerprint density at radius 2 is 1.48 bits per heavy atom. The summed E-state index contributed by atoms with van der Waals surface area (Å²) in [5.41, 5.74) is 5.11. The fraction of sp³-hybridized carbons (Fsp3) is 0.536. The van der Waals surface area contributed by atoms with Gasteiger partial charge in [-0.3, -0.25) is 0 Å². The van der Waals surface area contributed by atoms with Crippen LogP contribution in [0.25, 0.3) is 11.1 Å². The topological polar surface area (TPSA) is 23.8 Å². The van der Waals surface area contributed by atoms with Gasteiger partial charge in [0.2, 0.25) is 0 Å². The highest BCUT2D eigenvalue weighted by molar-refractivity contribution is 5.64. The van der Waals surface area contributed by atoms with E-state index in [1.807, 2.05) is 0 Å². The molecular weight excluding hydrogens is 350 g/mol. The van der Waals surface area contributed by atoms with Gasteiger partial charge in [-0.25, -0.2) is 0 Å². The fourth-order valence-corrected chi connectivity index (χ4v) is 5.00. The number of benzene rings is 2. The minimum atomic E-state index is 0.485. The molecule has 0 aromatic heterocycles. The minimum absolute atomic E-state index is 0.485. The third kappa shape index (κ3) is 6.20. The van der Waals surface area contributed by atoms with Crippen LogP contribution in [-0.2, 0) is 6.42 Å². The van der Waals surface area contributed by atoms with Crippen LogP contribution >= 0.6 is 0 Å². The monoisotopic (exact) mass is 387 g/mol. The standard InChI is InChI=1S/C28H37N/c1-3-4-5-6-7-22(2)24-12-14-26(15-13-24)28-18-16-27(17-19-28)25-10-8-23(9-11-25)20-21-29/h8-11,16-19,22,24,26H,3-7,12-15,20H2,1-2H3. The normalized spacial score (nSPS) is 20.2. The third-order valence-corrected chi connectivity index (χ3v) is 7.04. The van der Waals surface area contributed by atoms with Crippen LogP contribution in [0.4, 0.5) is 0 Å². The molecule has 1 aliphatic carbocycles. The highest BCUT2D eigenvalue weighted by atomic mass is 14.3. The van der Waals surface area contributed by atoms with E-state index in [0.717, 1.165) is 23.3 Å². The average molecular weight is 388 g/mol. The molecule has 0 amide bonds. The van der Waals surface area contributed by atoms with Gasteiger partial charge in [-0.1, -0.05) is 94.5 Å². The lowest BCUT2D eigenvalue weighted by Crippen LogP contribution is -2.19. The first-order valence-electron chi connectivity index (χ1n) is 11.8. The summed E-state index contributed by atoms with van der Waals surface area (Å²) >= 11 is 0.